The predicted octanol–water partition coefficient (Wildman–Crippen LogP) is 3.96. The number of carbonyl (C=O) groups is 3. The van der Waals surface area contributed by atoms with Gasteiger partial charge in [-0.1, -0.05) is 33.1 Å². The number of nitrogens with zero attached hydrogens (tertiary/aromatic N) is 2. The molecule has 10 heteroatoms. The van der Waals surface area contributed by atoms with E-state index in [9.17, 15) is 14.4 Å². The molecule has 0 fully saturated rings. The van der Waals surface area contributed by atoms with Gasteiger partial charge in [0.25, 0.3) is 0 Å². The maximum absolute atomic E-state index is 11.6. The average Bonchev–Trinajstić information content (AvgIpc) is 2.73. The first-order valence-corrected chi connectivity index (χ1v) is 12.5. The van der Waals surface area contributed by atoms with Gasteiger partial charge < -0.3 is 14.2 Å². The van der Waals surface area contributed by atoms with Crippen LogP contribution in [0, 0.1) is 0 Å². The van der Waals surface area contributed by atoms with Crippen LogP contribution in [0.25, 0.3) is 0 Å². The number of hydrogen-bond acceptors (Lipinski definition) is 10. The highest BCUT2D eigenvalue weighted by Gasteiger charge is 2.15. The first kappa shape index (κ1) is 30.2. The maximum Gasteiger partial charge on any atom is 0.333 e. The van der Waals surface area contributed by atoms with Crippen LogP contribution in [0.5, 0.6) is 0 Å². The molecule has 0 saturated carbocycles. The first-order chi connectivity index (χ1) is 15.1. The lowest BCUT2D eigenvalue weighted by atomic mass is 10.3. The van der Waals surface area contributed by atoms with Gasteiger partial charge in [-0.15, -0.1) is 0 Å². The molecule has 0 N–H and O–H groups in total. The fraction of sp³-hybridized carbons (Fsp3) is 0.591. The van der Waals surface area contributed by atoms with Gasteiger partial charge in [0.15, 0.2) is 0 Å². The average molecular weight is 489 g/mol. The Balaban J connectivity index is 4.78. The van der Waals surface area contributed by atoms with Gasteiger partial charge in [0.05, 0.1) is 0 Å². The highest BCUT2D eigenvalue weighted by molar-refractivity contribution is 8.74. The third-order valence-corrected chi connectivity index (χ3v) is 6.46. The SMILES string of the molecule is C=C(C)C(=O)OCCN(CCCC)SSN(CCOC(=O)C(=C)C)CCOC(=O)C(=C)C. The molecule has 0 bridgehead atoms. The fourth-order valence-electron chi connectivity index (χ4n) is 1.89. The minimum atomic E-state index is -0.444. The van der Waals surface area contributed by atoms with Crippen LogP contribution < -0.4 is 0 Å². The number of unbranched alkanes of at least 4 members (excludes halogenated alkanes) is 1. The molecule has 0 heterocycles. The van der Waals surface area contributed by atoms with E-state index in [1.165, 1.54) is 22.0 Å². The lowest BCUT2D eigenvalue weighted by Gasteiger charge is -2.25. The van der Waals surface area contributed by atoms with Crippen LogP contribution >= 0.6 is 22.0 Å². The van der Waals surface area contributed by atoms with E-state index in [1.54, 1.807) is 20.8 Å². The normalized spacial score (nSPS) is 10.7. The Bertz CT molecular complexity index is 637. The zero-order chi connectivity index (χ0) is 24.5. The lowest BCUT2D eigenvalue weighted by molar-refractivity contribution is -0.140. The summed E-state index contributed by atoms with van der Waals surface area (Å²) < 4.78 is 19.6. The van der Waals surface area contributed by atoms with E-state index in [0.29, 0.717) is 36.4 Å². The molecule has 0 saturated heterocycles. The monoisotopic (exact) mass is 488 g/mol. The topological polar surface area (TPSA) is 85.4 Å². The molecule has 0 aromatic rings. The minimum Gasteiger partial charge on any atom is -0.461 e. The summed E-state index contributed by atoms with van der Waals surface area (Å²) in [7, 11) is 2.96. The van der Waals surface area contributed by atoms with Crippen molar-refractivity contribution in [3.8, 4) is 0 Å². The summed E-state index contributed by atoms with van der Waals surface area (Å²) in [5.41, 5.74) is 1.04. The highest BCUT2D eigenvalue weighted by atomic mass is 33.1. The Morgan fingerprint density at radius 3 is 1.25 bits per heavy atom. The number of rotatable bonds is 18. The molecular formula is C22H36N2O6S2. The van der Waals surface area contributed by atoms with E-state index in [-0.39, 0.29) is 19.8 Å². The van der Waals surface area contributed by atoms with Gasteiger partial charge in [-0.25, -0.2) is 23.0 Å². The number of esters is 3. The fourth-order valence-corrected chi connectivity index (χ4v) is 4.19. The molecular weight excluding hydrogens is 452 g/mol. The second kappa shape index (κ2) is 17.8. The Morgan fingerprint density at radius 2 is 0.969 bits per heavy atom. The van der Waals surface area contributed by atoms with Crippen molar-refractivity contribution in [3.05, 3.63) is 36.5 Å². The molecule has 0 atom stereocenters. The Kier molecular flexibility index (Phi) is 16.8. The van der Waals surface area contributed by atoms with Gasteiger partial charge in [0.1, 0.15) is 19.8 Å². The molecule has 0 aromatic carbocycles. The molecule has 0 unspecified atom stereocenters. The molecule has 8 nitrogen and oxygen atoms in total. The van der Waals surface area contributed by atoms with Gasteiger partial charge in [0.2, 0.25) is 0 Å². The van der Waals surface area contributed by atoms with Gasteiger partial charge in [-0.3, -0.25) is 0 Å². The quantitative estimate of drug-likeness (QED) is 0.0929. The predicted molar refractivity (Wildman–Crippen MR) is 131 cm³/mol. The van der Waals surface area contributed by atoms with Gasteiger partial charge in [-0.2, -0.15) is 0 Å². The summed E-state index contributed by atoms with van der Waals surface area (Å²) >= 11 is 0. The molecule has 0 amide bonds. The van der Waals surface area contributed by atoms with Crippen molar-refractivity contribution in [2.45, 2.75) is 40.5 Å². The minimum absolute atomic E-state index is 0.179. The van der Waals surface area contributed by atoms with Crippen molar-refractivity contribution in [3.63, 3.8) is 0 Å². The van der Waals surface area contributed by atoms with Crippen LogP contribution in [0.3, 0.4) is 0 Å². The van der Waals surface area contributed by atoms with E-state index in [4.69, 9.17) is 14.2 Å². The van der Waals surface area contributed by atoms with E-state index >= 15 is 0 Å². The molecule has 182 valence electrons. The molecule has 0 aliphatic carbocycles. The summed E-state index contributed by atoms with van der Waals surface area (Å²) in [6.45, 7) is 20.5. The summed E-state index contributed by atoms with van der Waals surface area (Å²) in [6, 6.07) is 0. The third kappa shape index (κ3) is 15.1. The number of ether oxygens (including phenoxy) is 3. The van der Waals surface area contributed by atoms with E-state index in [0.717, 1.165) is 19.4 Å². The summed E-state index contributed by atoms with van der Waals surface area (Å²) in [5.74, 6) is -1.29. The van der Waals surface area contributed by atoms with E-state index in [1.807, 2.05) is 4.31 Å². The third-order valence-electron chi connectivity index (χ3n) is 3.77. The smallest absolute Gasteiger partial charge is 0.333 e. The van der Waals surface area contributed by atoms with Crippen LogP contribution in [0.4, 0.5) is 0 Å². The van der Waals surface area contributed by atoms with Crippen LogP contribution in [-0.4, -0.2) is 72.5 Å². The van der Waals surface area contributed by atoms with Crippen molar-refractivity contribution < 1.29 is 28.6 Å². The zero-order valence-electron chi connectivity index (χ0n) is 19.6. The molecule has 0 aliphatic heterocycles. The van der Waals surface area contributed by atoms with Gasteiger partial charge in [-0.05, 0) is 27.2 Å². The molecule has 0 aromatic heterocycles. The largest absolute Gasteiger partial charge is 0.461 e. The van der Waals surface area contributed by atoms with E-state index in [2.05, 4.69) is 31.0 Å². The summed E-state index contributed by atoms with van der Waals surface area (Å²) in [6.07, 6.45) is 2.03. The van der Waals surface area contributed by atoms with Crippen LogP contribution in [0.2, 0.25) is 0 Å². The van der Waals surface area contributed by atoms with E-state index < -0.39 is 17.9 Å². The number of hydrogen-bond donors (Lipinski definition) is 0. The van der Waals surface area contributed by atoms with Crippen molar-refractivity contribution >= 4 is 39.9 Å². The summed E-state index contributed by atoms with van der Waals surface area (Å²) in [4.78, 5) is 34.8. The van der Waals surface area contributed by atoms with Crippen LogP contribution in [0.15, 0.2) is 36.5 Å². The second-order valence-corrected chi connectivity index (χ2v) is 9.33. The molecule has 0 aliphatic rings. The molecule has 0 rings (SSSR count). The van der Waals surface area contributed by atoms with Gasteiger partial charge >= 0.3 is 17.9 Å². The highest BCUT2D eigenvalue weighted by Crippen LogP contribution is 2.29. The molecule has 32 heavy (non-hydrogen) atoms. The van der Waals surface area contributed by atoms with Crippen LogP contribution in [0.1, 0.15) is 40.5 Å². The molecule has 0 spiro atoms. The second-order valence-electron chi connectivity index (χ2n) is 7.11. The Labute approximate surface area is 200 Å². The Hall–Kier alpha value is -1.75. The molecule has 0 radical (unpaired) electrons. The number of carbonyl (C=O) groups excluding carboxylic acids is 3. The Morgan fingerprint density at radius 1 is 0.656 bits per heavy atom. The first-order valence-electron chi connectivity index (χ1n) is 10.4. The van der Waals surface area contributed by atoms with Crippen molar-refractivity contribution in [2.24, 2.45) is 0 Å². The maximum atomic E-state index is 11.6. The van der Waals surface area contributed by atoms with Gasteiger partial charge in [0, 0.05) is 64.9 Å². The van der Waals surface area contributed by atoms with Crippen LogP contribution in [-0.2, 0) is 28.6 Å². The summed E-state index contributed by atoms with van der Waals surface area (Å²) in [5, 5.41) is 0. The van der Waals surface area contributed by atoms with Crippen molar-refractivity contribution in [2.75, 3.05) is 46.0 Å². The lowest BCUT2D eigenvalue weighted by Crippen LogP contribution is -2.28. The standard InChI is InChI=1S/C22H36N2O6S2/c1-8-9-10-23(11-14-28-20(25)17(2)3)31-32-24(12-15-29-21(26)18(4)5)13-16-30-22(27)19(6)7/h2,4,6,8-16H2,1,3,5,7H3. The van der Waals surface area contributed by atoms with Crippen molar-refractivity contribution in [1.29, 1.82) is 0 Å². The van der Waals surface area contributed by atoms with Crippen molar-refractivity contribution in [1.82, 2.24) is 8.61 Å². The zero-order valence-corrected chi connectivity index (χ0v) is 21.3.